The summed E-state index contributed by atoms with van der Waals surface area (Å²) in [7, 11) is 1.61. The summed E-state index contributed by atoms with van der Waals surface area (Å²) < 4.78 is 10.4. The van der Waals surface area contributed by atoms with Crippen LogP contribution in [0.15, 0.2) is 24.3 Å². The fraction of sp³-hybridized carbons (Fsp3) is 0.474. The van der Waals surface area contributed by atoms with E-state index in [-0.39, 0.29) is 5.91 Å². The highest BCUT2D eigenvalue weighted by Gasteiger charge is 2.29. The van der Waals surface area contributed by atoms with Gasteiger partial charge in [-0.05, 0) is 18.6 Å². The van der Waals surface area contributed by atoms with Crippen LogP contribution >= 0.6 is 0 Å². The van der Waals surface area contributed by atoms with Gasteiger partial charge in [-0.3, -0.25) is 4.79 Å². The van der Waals surface area contributed by atoms with E-state index in [1.807, 2.05) is 29.2 Å². The number of fused-ring (bicyclic) bond motifs is 1. The minimum atomic E-state index is -1.03. The minimum Gasteiger partial charge on any atom is -0.385 e. The van der Waals surface area contributed by atoms with Crippen molar-refractivity contribution in [1.82, 2.24) is 15.3 Å². The lowest BCUT2D eigenvalue weighted by molar-refractivity contribution is -0.121. The molecule has 0 aliphatic carbocycles. The van der Waals surface area contributed by atoms with E-state index < -0.39 is 5.92 Å². The van der Waals surface area contributed by atoms with Gasteiger partial charge < -0.3 is 19.7 Å². The lowest BCUT2D eigenvalue weighted by Gasteiger charge is -2.29. The Hall–Kier alpha value is -2.76. The van der Waals surface area contributed by atoms with Gasteiger partial charge in [-0.25, -0.2) is 9.97 Å². The van der Waals surface area contributed by atoms with Crippen LogP contribution in [0.3, 0.4) is 0 Å². The van der Waals surface area contributed by atoms with Crippen LogP contribution in [0.1, 0.15) is 18.0 Å². The molecule has 1 N–H and O–H groups in total. The van der Waals surface area contributed by atoms with Crippen molar-refractivity contribution in [2.45, 2.75) is 12.3 Å². The minimum absolute atomic E-state index is 0.368. The van der Waals surface area contributed by atoms with Crippen LogP contribution in [0.5, 0.6) is 0 Å². The molecule has 2 aromatic rings. The number of nitrogens with one attached hydrogen (secondary N) is 1. The maximum atomic E-state index is 12.6. The first kappa shape index (κ1) is 19.0. The lowest BCUT2D eigenvalue weighted by atomic mass is 10.0. The van der Waals surface area contributed by atoms with E-state index in [0.717, 1.165) is 5.52 Å². The van der Waals surface area contributed by atoms with E-state index in [2.05, 4.69) is 16.4 Å². The molecule has 1 saturated heterocycles. The van der Waals surface area contributed by atoms with Crippen molar-refractivity contribution in [2.24, 2.45) is 0 Å². The number of rotatable bonds is 7. The molecule has 3 rings (SSSR count). The summed E-state index contributed by atoms with van der Waals surface area (Å²) in [6, 6.07) is 9.57. The highest BCUT2D eigenvalue weighted by molar-refractivity contribution is 5.88. The van der Waals surface area contributed by atoms with Gasteiger partial charge in [0.15, 0.2) is 11.7 Å². The summed E-state index contributed by atoms with van der Waals surface area (Å²) in [6.45, 7) is 3.44. The fourth-order valence-corrected chi connectivity index (χ4v) is 2.98. The van der Waals surface area contributed by atoms with Crippen molar-refractivity contribution in [3.8, 4) is 6.07 Å². The number of nitrogens with zero attached hydrogens (tertiary/aromatic N) is 4. The van der Waals surface area contributed by atoms with Gasteiger partial charge in [0, 0.05) is 33.4 Å². The van der Waals surface area contributed by atoms with Gasteiger partial charge in [0.25, 0.3) is 0 Å². The number of methoxy groups -OCH3 is 1. The molecule has 1 aliphatic rings. The monoisotopic (exact) mass is 369 g/mol. The van der Waals surface area contributed by atoms with Crippen LogP contribution in [0.25, 0.3) is 11.0 Å². The zero-order valence-electron chi connectivity index (χ0n) is 15.4. The molecule has 1 unspecified atom stereocenters. The number of hydrogen-bond acceptors (Lipinski definition) is 7. The van der Waals surface area contributed by atoms with Crippen LogP contribution in [0, 0.1) is 11.3 Å². The van der Waals surface area contributed by atoms with Gasteiger partial charge in [0.1, 0.15) is 5.69 Å². The maximum Gasteiger partial charge on any atom is 0.243 e. The molecule has 2 heterocycles. The molecule has 1 atom stereocenters. The van der Waals surface area contributed by atoms with Crippen molar-refractivity contribution in [3.05, 3.63) is 30.0 Å². The van der Waals surface area contributed by atoms with Crippen molar-refractivity contribution in [3.63, 3.8) is 0 Å². The molecule has 8 nitrogen and oxygen atoms in total. The van der Waals surface area contributed by atoms with Gasteiger partial charge in [-0.15, -0.1) is 0 Å². The number of carbonyl (C=O) groups excluding carboxylic acids is 1. The van der Waals surface area contributed by atoms with Crippen LogP contribution in [-0.4, -0.2) is 62.4 Å². The first-order chi connectivity index (χ1) is 13.2. The first-order valence-electron chi connectivity index (χ1n) is 9.00. The third-order valence-corrected chi connectivity index (χ3v) is 4.38. The number of ether oxygens (including phenoxy) is 2. The second-order valence-electron chi connectivity index (χ2n) is 6.22. The number of anilines is 1. The number of para-hydroxylation sites is 2. The molecule has 1 aliphatic heterocycles. The third kappa shape index (κ3) is 4.51. The standard InChI is InChI=1S/C19H23N5O3/c1-26-10-4-7-21-19(25)14(13-20)17-18(24-8-11-27-12-9-24)23-16-6-3-2-5-15(16)22-17/h2-3,5-6,14H,4,7-12H2,1H3,(H,21,25). The number of carbonyl (C=O) groups is 1. The molecular formula is C19H23N5O3. The molecule has 1 aromatic heterocycles. The summed E-state index contributed by atoms with van der Waals surface area (Å²) >= 11 is 0. The molecule has 0 radical (unpaired) electrons. The second-order valence-corrected chi connectivity index (χ2v) is 6.22. The Balaban J connectivity index is 1.94. The summed E-state index contributed by atoms with van der Waals surface area (Å²) in [5, 5.41) is 12.5. The molecule has 1 amide bonds. The summed E-state index contributed by atoms with van der Waals surface area (Å²) in [5.41, 5.74) is 1.79. The first-order valence-corrected chi connectivity index (χ1v) is 9.00. The fourth-order valence-electron chi connectivity index (χ4n) is 2.98. The number of benzene rings is 1. The van der Waals surface area contributed by atoms with Crippen molar-refractivity contribution < 1.29 is 14.3 Å². The Morgan fingerprint density at radius 1 is 1.33 bits per heavy atom. The third-order valence-electron chi connectivity index (χ3n) is 4.38. The molecule has 142 valence electrons. The SMILES string of the molecule is COCCCNC(=O)C(C#N)c1nc2ccccc2nc1N1CCOCC1. The highest BCUT2D eigenvalue weighted by atomic mass is 16.5. The van der Waals surface area contributed by atoms with Gasteiger partial charge in [0.05, 0.1) is 30.3 Å². The average Bonchev–Trinajstić information content (AvgIpc) is 2.72. The molecule has 0 saturated carbocycles. The lowest BCUT2D eigenvalue weighted by Crippen LogP contribution is -2.39. The Morgan fingerprint density at radius 2 is 2.04 bits per heavy atom. The number of amides is 1. The Kier molecular flexibility index (Phi) is 6.52. The van der Waals surface area contributed by atoms with Crippen LogP contribution in [0.2, 0.25) is 0 Å². The largest absolute Gasteiger partial charge is 0.385 e. The smallest absolute Gasteiger partial charge is 0.243 e. The van der Waals surface area contributed by atoms with Crippen molar-refractivity contribution >= 4 is 22.8 Å². The number of morpholine rings is 1. The topological polar surface area (TPSA) is 100 Å². The van der Waals surface area contributed by atoms with Crippen LogP contribution in [0.4, 0.5) is 5.82 Å². The molecule has 1 fully saturated rings. The zero-order valence-corrected chi connectivity index (χ0v) is 15.4. The van der Waals surface area contributed by atoms with E-state index in [9.17, 15) is 10.1 Å². The quantitative estimate of drug-likeness (QED) is 0.733. The van der Waals surface area contributed by atoms with Gasteiger partial charge >= 0.3 is 0 Å². The predicted molar refractivity (Wildman–Crippen MR) is 100 cm³/mol. The molecular weight excluding hydrogens is 346 g/mol. The van der Waals surface area contributed by atoms with Gasteiger partial charge in [0.2, 0.25) is 5.91 Å². The van der Waals surface area contributed by atoms with E-state index >= 15 is 0 Å². The molecule has 1 aromatic carbocycles. The van der Waals surface area contributed by atoms with Crippen LogP contribution < -0.4 is 10.2 Å². The predicted octanol–water partition coefficient (Wildman–Crippen LogP) is 1.23. The molecule has 0 spiro atoms. The summed E-state index contributed by atoms with van der Waals surface area (Å²) in [5.74, 6) is -0.814. The summed E-state index contributed by atoms with van der Waals surface area (Å²) in [4.78, 5) is 24.0. The zero-order chi connectivity index (χ0) is 19.1. The average molecular weight is 369 g/mol. The van der Waals surface area contributed by atoms with Crippen molar-refractivity contribution in [1.29, 1.82) is 5.26 Å². The number of aromatic nitrogens is 2. The van der Waals surface area contributed by atoms with E-state index in [4.69, 9.17) is 14.5 Å². The maximum absolute atomic E-state index is 12.6. The van der Waals surface area contributed by atoms with Crippen LogP contribution in [-0.2, 0) is 14.3 Å². The molecule has 8 heteroatoms. The molecule has 0 bridgehead atoms. The van der Waals surface area contributed by atoms with E-state index in [1.54, 1.807) is 7.11 Å². The van der Waals surface area contributed by atoms with Gasteiger partial charge in [-0.1, -0.05) is 12.1 Å². The Labute approximate surface area is 158 Å². The Morgan fingerprint density at radius 3 is 2.70 bits per heavy atom. The van der Waals surface area contributed by atoms with E-state index in [0.29, 0.717) is 62.9 Å². The number of hydrogen-bond donors (Lipinski definition) is 1. The van der Waals surface area contributed by atoms with E-state index in [1.165, 1.54) is 0 Å². The number of nitriles is 1. The normalized spacial score (nSPS) is 15.3. The van der Waals surface area contributed by atoms with Gasteiger partial charge in [-0.2, -0.15) is 5.26 Å². The highest BCUT2D eigenvalue weighted by Crippen LogP contribution is 2.27. The second kappa shape index (κ2) is 9.26. The van der Waals surface area contributed by atoms with Crippen molar-refractivity contribution in [2.75, 3.05) is 51.5 Å². The molecule has 27 heavy (non-hydrogen) atoms. The Bertz CT molecular complexity index is 830. The summed E-state index contributed by atoms with van der Waals surface area (Å²) in [6.07, 6.45) is 0.681.